The first-order valence-electron chi connectivity index (χ1n) is 14.7. The van der Waals surface area contributed by atoms with Crippen LogP contribution in [0.25, 0.3) is 0 Å². The first-order valence-corrected chi connectivity index (χ1v) is 19.2. The summed E-state index contributed by atoms with van der Waals surface area (Å²) < 4.78 is 7.82. The molecule has 1 fully saturated rings. The van der Waals surface area contributed by atoms with E-state index in [4.69, 9.17) is 4.74 Å². The van der Waals surface area contributed by atoms with E-state index in [0.717, 1.165) is 27.3 Å². The van der Waals surface area contributed by atoms with E-state index in [1.807, 2.05) is 97.3 Å². The lowest BCUT2D eigenvalue weighted by molar-refractivity contribution is -0.154. The average molecular weight is 705 g/mol. The molecule has 3 aromatic carbocycles. The van der Waals surface area contributed by atoms with Crippen LogP contribution in [0.1, 0.15) is 28.0 Å². The second-order valence-electron chi connectivity index (χ2n) is 10.7. The number of carbonyl (C=O) groups is 3. The number of benzene rings is 3. The Morgan fingerprint density at radius 1 is 0.979 bits per heavy atom. The van der Waals surface area contributed by atoms with Crippen LogP contribution in [0.5, 0.6) is 0 Å². The van der Waals surface area contributed by atoms with Crippen molar-refractivity contribution in [1.29, 1.82) is 0 Å². The Hall–Kier alpha value is -3.72. The van der Waals surface area contributed by atoms with E-state index < -0.39 is 28.7 Å². The summed E-state index contributed by atoms with van der Waals surface area (Å²) in [5.74, 6) is -0.333. The van der Waals surface area contributed by atoms with Gasteiger partial charge in [-0.2, -0.15) is 11.8 Å². The van der Waals surface area contributed by atoms with Crippen LogP contribution in [0, 0.1) is 0 Å². The Balaban J connectivity index is 1.27. The number of ether oxygens (including phenoxy) is 1. The molecule has 6 rings (SSSR count). The van der Waals surface area contributed by atoms with Crippen LogP contribution in [-0.2, 0) is 26.2 Å². The van der Waals surface area contributed by atoms with Gasteiger partial charge in [-0.15, -0.1) is 28.6 Å². The zero-order chi connectivity index (χ0) is 32.8. The van der Waals surface area contributed by atoms with Crippen LogP contribution in [0.4, 0.5) is 0 Å². The van der Waals surface area contributed by atoms with E-state index in [1.165, 1.54) is 40.2 Å². The molecule has 2 unspecified atom stereocenters. The minimum atomic E-state index is -0.771. The number of amides is 2. The smallest absolute Gasteiger partial charge is 0.356 e. The SMILES string of the molecule is CSCSC(C(=O)N[C@H]1C(=O)N2C(C(=O)OC(c3ccccc3)c3ccccc3)=C(CSc3nnnn3C)CSC12)c1ccccc1. The highest BCUT2D eigenvalue weighted by atomic mass is 32.2. The van der Waals surface area contributed by atoms with E-state index in [-0.39, 0.29) is 17.5 Å². The fourth-order valence-corrected chi connectivity index (χ4v) is 9.33. The third kappa shape index (κ3) is 7.40. The molecule has 2 aliphatic heterocycles. The average Bonchev–Trinajstić information content (AvgIpc) is 3.53. The van der Waals surface area contributed by atoms with E-state index in [0.29, 0.717) is 16.7 Å². The Labute approximate surface area is 289 Å². The van der Waals surface area contributed by atoms with Gasteiger partial charge in [0.2, 0.25) is 11.1 Å². The number of esters is 1. The molecule has 2 aliphatic rings. The quantitative estimate of drug-likeness (QED) is 0.0869. The fourth-order valence-electron chi connectivity index (χ4n) is 5.34. The van der Waals surface area contributed by atoms with Crippen molar-refractivity contribution in [2.24, 2.45) is 7.05 Å². The molecule has 3 atom stereocenters. The van der Waals surface area contributed by atoms with Crippen molar-refractivity contribution in [3.63, 3.8) is 0 Å². The lowest BCUT2D eigenvalue weighted by Crippen LogP contribution is -2.71. The molecule has 0 saturated carbocycles. The maximum Gasteiger partial charge on any atom is 0.356 e. The maximum absolute atomic E-state index is 14.2. The van der Waals surface area contributed by atoms with E-state index in [1.54, 1.807) is 23.5 Å². The molecule has 47 heavy (non-hydrogen) atoms. The normalized spacial score (nSPS) is 18.0. The largest absolute Gasteiger partial charge is 0.448 e. The van der Waals surface area contributed by atoms with Crippen molar-refractivity contribution in [2.75, 3.05) is 22.8 Å². The van der Waals surface area contributed by atoms with Crippen LogP contribution in [0.3, 0.4) is 0 Å². The Bertz CT molecular complexity index is 1700. The van der Waals surface area contributed by atoms with Gasteiger partial charge in [0, 0.05) is 23.6 Å². The number of carbonyl (C=O) groups excluding carboxylic acids is 3. The number of fused-ring (bicyclic) bond motifs is 1. The van der Waals surface area contributed by atoms with Gasteiger partial charge in [-0.3, -0.25) is 14.5 Å². The zero-order valence-corrected chi connectivity index (χ0v) is 28.9. The van der Waals surface area contributed by atoms with Gasteiger partial charge in [-0.1, -0.05) is 103 Å². The van der Waals surface area contributed by atoms with Crippen molar-refractivity contribution in [1.82, 2.24) is 30.4 Å². The third-order valence-electron chi connectivity index (χ3n) is 7.62. The number of aryl methyl sites for hydroxylation is 1. The first kappa shape index (κ1) is 33.2. The van der Waals surface area contributed by atoms with Crippen LogP contribution >= 0.6 is 47.0 Å². The molecule has 10 nitrogen and oxygen atoms in total. The minimum Gasteiger partial charge on any atom is -0.448 e. The number of aromatic nitrogens is 4. The summed E-state index contributed by atoms with van der Waals surface area (Å²) in [4.78, 5) is 43.2. The number of hydrogen-bond donors (Lipinski definition) is 1. The maximum atomic E-state index is 14.2. The van der Waals surface area contributed by atoms with Gasteiger partial charge in [-0.05, 0) is 38.9 Å². The van der Waals surface area contributed by atoms with Crippen LogP contribution in [-0.4, -0.2) is 77.2 Å². The summed E-state index contributed by atoms with van der Waals surface area (Å²) in [7, 11) is 1.74. The summed E-state index contributed by atoms with van der Waals surface area (Å²) in [6.07, 6.45) is 1.30. The number of β-lactam (4-membered cyclic amide) rings is 1. The Morgan fingerprint density at radius 2 is 1.60 bits per heavy atom. The summed E-state index contributed by atoms with van der Waals surface area (Å²) in [6, 6.07) is 27.8. The predicted molar refractivity (Wildman–Crippen MR) is 188 cm³/mol. The molecule has 0 radical (unpaired) electrons. The van der Waals surface area contributed by atoms with Crippen molar-refractivity contribution in [3.05, 3.63) is 119 Å². The summed E-state index contributed by atoms with van der Waals surface area (Å²) in [5, 5.41) is 15.1. The lowest BCUT2D eigenvalue weighted by atomic mass is 10.0. The fraction of sp³-hybridized carbons (Fsp3) is 0.273. The number of hydrogen-bond acceptors (Lipinski definition) is 11. The molecule has 0 aliphatic carbocycles. The second kappa shape index (κ2) is 15.5. The van der Waals surface area contributed by atoms with E-state index in [9.17, 15) is 14.4 Å². The third-order valence-corrected chi connectivity index (χ3v) is 12.4. The van der Waals surface area contributed by atoms with E-state index >= 15 is 0 Å². The van der Waals surface area contributed by atoms with Crippen molar-refractivity contribution >= 4 is 64.8 Å². The highest BCUT2D eigenvalue weighted by Gasteiger charge is 2.55. The number of thioether (sulfide) groups is 4. The molecular formula is C33H32N6O4S4. The Morgan fingerprint density at radius 3 is 2.17 bits per heavy atom. The van der Waals surface area contributed by atoms with Gasteiger partial charge < -0.3 is 10.1 Å². The number of rotatable bonds is 13. The summed E-state index contributed by atoms with van der Waals surface area (Å²) in [5.41, 5.74) is 3.44. The molecule has 0 bridgehead atoms. The lowest BCUT2D eigenvalue weighted by Gasteiger charge is -2.50. The van der Waals surface area contributed by atoms with Gasteiger partial charge in [0.25, 0.3) is 5.91 Å². The van der Waals surface area contributed by atoms with Gasteiger partial charge in [0.05, 0.1) is 0 Å². The van der Waals surface area contributed by atoms with E-state index in [2.05, 4.69) is 20.8 Å². The molecule has 3 heterocycles. The van der Waals surface area contributed by atoms with Crippen LogP contribution in [0.2, 0.25) is 0 Å². The standard InChI is InChI=1S/C33H32N6O4S4/c1-38-33(35-36-37-38)46-19-24-18-45-31-25(34-29(40)28(47-20-44-2)23-16-10-5-11-17-23)30(41)39(31)26(24)32(42)43-27(21-12-6-3-7-13-21)22-14-8-4-9-15-22/h3-17,25,27-28,31H,18-20H2,1-2H3,(H,34,40)/t25-,28?,31?/m0/s1. The summed E-state index contributed by atoms with van der Waals surface area (Å²) >= 11 is 6.05. The van der Waals surface area contributed by atoms with Gasteiger partial charge >= 0.3 is 5.97 Å². The zero-order valence-electron chi connectivity index (χ0n) is 25.6. The topological polar surface area (TPSA) is 119 Å². The molecule has 4 aromatic rings. The molecule has 0 spiro atoms. The monoisotopic (exact) mass is 704 g/mol. The molecule has 2 amide bonds. The molecule has 1 N–H and O–H groups in total. The van der Waals surface area contributed by atoms with Crippen LogP contribution in [0.15, 0.2) is 107 Å². The molecule has 14 heteroatoms. The molecular weight excluding hydrogens is 673 g/mol. The minimum absolute atomic E-state index is 0.208. The van der Waals surface area contributed by atoms with Gasteiger partial charge in [0.1, 0.15) is 22.4 Å². The molecule has 1 saturated heterocycles. The Kier molecular flexibility index (Phi) is 10.9. The highest BCUT2D eigenvalue weighted by molar-refractivity contribution is 8.16. The highest BCUT2D eigenvalue weighted by Crippen LogP contribution is 2.43. The van der Waals surface area contributed by atoms with Crippen molar-refractivity contribution < 1.29 is 19.1 Å². The summed E-state index contributed by atoms with van der Waals surface area (Å²) in [6.45, 7) is 0. The number of nitrogens with one attached hydrogen (secondary N) is 1. The van der Waals surface area contributed by atoms with Crippen molar-refractivity contribution in [3.8, 4) is 0 Å². The first-order chi connectivity index (χ1) is 23.0. The van der Waals surface area contributed by atoms with Gasteiger partial charge in [0.15, 0.2) is 6.10 Å². The number of tetrazole rings is 1. The molecule has 242 valence electrons. The number of nitrogens with zero attached hydrogens (tertiary/aromatic N) is 5. The van der Waals surface area contributed by atoms with Crippen LogP contribution < -0.4 is 5.32 Å². The van der Waals surface area contributed by atoms with Gasteiger partial charge in [-0.25, -0.2) is 9.48 Å². The predicted octanol–water partition coefficient (Wildman–Crippen LogP) is 5.08. The van der Waals surface area contributed by atoms with Crippen molar-refractivity contribution in [2.45, 2.75) is 27.9 Å². The molecule has 1 aromatic heterocycles. The second-order valence-corrected chi connectivity index (χ2v) is 15.1.